The third kappa shape index (κ3) is 6.08. The van der Waals surface area contributed by atoms with Gasteiger partial charge in [-0.05, 0) is 85.0 Å². The predicted octanol–water partition coefficient (Wildman–Crippen LogP) is 5.98. The number of nitrogens with one attached hydrogen (secondary N) is 4. The Morgan fingerprint density at radius 2 is 1.43 bits per heavy atom. The summed E-state index contributed by atoms with van der Waals surface area (Å²) in [5.74, 6) is -1.82. The van der Waals surface area contributed by atoms with Crippen LogP contribution in [0.25, 0.3) is 44.3 Å². The number of halogens is 2. The topological polar surface area (TPSA) is 148 Å². The molecule has 4 N–H and O–H groups in total. The minimum Gasteiger partial charge on any atom is -0.453 e. The first-order valence-electron chi connectivity index (χ1n) is 18.3. The van der Waals surface area contributed by atoms with Crippen LogP contribution >= 0.6 is 0 Å². The minimum atomic E-state index is -2.86. The number of carbonyl (C=O) groups excluding carboxylic acids is 3. The number of likely N-dealkylation sites (tertiary alicyclic amines) is 1. The summed E-state index contributed by atoms with van der Waals surface area (Å²) in [5.41, 5.74) is 7.46. The van der Waals surface area contributed by atoms with E-state index in [0.29, 0.717) is 18.8 Å². The van der Waals surface area contributed by atoms with Crippen LogP contribution in [0.1, 0.15) is 68.7 Å². The van der Waals surface area contributed by atoms with Gasteiger partial charge in [0.15, 0.2) is 0 Å². The summed E-state index contributed by atoms with van der Waals surface area (Å²) in [6.07, 6.45) is 3.57. The van der Waals surface area contributed by atoms with Gasteiger partial charge in [0, 0.05) is 19.0 Å². The van der Waals surface area contributed by atoms with E-state index in [9.17, 15) is 23.2 Å². The van der Waals surface area contributed by atoms with Gasteiger partial charge in [-0.1, -0.05) is 36.4 Å². The molecule has 0 spiro atoms. The number of nitrogens with zero attached hydrogens (tertiary/aromatic N) is 4. The molecule has 4 fully saturated rings. The highest BCUT2D eigenvalue weighted by molar-refractivity contribution is 5.88. The van der Waals surface area contributed by atoms with Crippen LogP contribution < -0.4 is 10.6 Å². The van der Waals surface area contributed by atoms with Crippen LogP contribution in [-0.4, -0.2) is 91.9 Å². The average Bonchev–Trinajstić information content (AvgIpc) is 4.01. The fraction of sp³-hybridized carbons (Fsp3) is 0.410. The molecule has 9 rings (SSSR count). The first-order chi connectivity index (χ1) is 25.6. The number of rotatable bonds is 6. The van der Waals surface area contributed by atoms with Crippen molar-refractivity contribution < 1.29 is 27.9 Å². The van der Waals surface area contributed by atoms with Gasteiger partial charge in [0.25, 0.3) is 5.92 Å². The van der Waals surface area contributed by atoms with E-state index >= 15 is 0 Å². The Labute approximate surface area is 303 Å². The maximum absolute atomic E-state index is 13.8. The second kappa shape index (κ2) is 12.9. The molecule has 5 aromatic rings. The van der Waals surface area contributed by atoms with Gasteiger partial charge in [0.05, 0.1) is 53.8 Å². The van der Waals surface area contributed by atoms with Gasteiger partial charge >= 0.3 is 6.09 Å². The number of benzene rings is 3. The normalized spacial score (nSPS) is 25.3. The lowest BCUT2D eigenvalue weighted by Crippen LogP contribution is -2.54. The second-order valence-corrected chi connectivity index (χ2v) is 14.7. The number of amides is 3. The molecule has 0 unspecified atom stereocenters. The van der Waals surface area contributed by atoms with E-state index in [0.717, 1.165) is 82.2 Å². The Morgan fingerprint density at radius 3 is 2.04 bits per heavy atom. The number of ether oxygens (including phenoxy) is 1. The van der Waals surface area contributed by atoms with Gasteiger partial charge in [-0.15, -0.1) is 0 Å². The van der Waals surface area contributed by atoms with E-state index < -0.39 is 37.1 Å². The minimum absolute atomic E-state index is 0.0940. The SMILES string of the molecule is COC(=O)N[C@H]1CC[C@H]2CC[C@@H](c3nc4ccc(-c5ccc(-c6ccc7nc([C@@H]8CCCN8C(=O)[C@@H]8CC(F)(F)CN8)[nH]c7c6)cc5)cc4[nH]3)N2C1=O. The van der Waals surface area contributed by atoms with Crippen molar-refractivity contribution in [3.8, 4) is 22.3 Å². The lowest BCUT2D eigenvalue weighted by molar-refractivity contribution is -0.139. The molecule has 14 heteroatoms. The number of fused-ring (bicyclic) bond motifs is 3. The summed E-state index contributed by atoms with van der Waals surface area (Å²) < 4.78 is 32.4. The highest BCUT2D eigenvalue weighted by Crippen LogP contribution is 2.41. The van der Waals surface area contributed by atoms with Crippen LogP contribution in [-0.2, 0) is 14.3 Å². The van der Waals surface area contributed by atoms with E-state index in [1.165, 1.54) is 7.11 Å². The quantitative estimate of drug-likeness (QED) is 0.169. The summed E-state index contributed by atoms with van der Waals surface area (Å²) in [7, 11) is 1.29. The smallest absolute Gasteiger partial charge is 0.407 e. The first-order valence-corrected chi connectivity index (χ1v) is 18.3. The number of hydrogen-bond acceptors (Lipinski definition) is 7. The van der Waals surface area contributed by atoms with Crippen molar-refractivity contribution in [3.63, 3.8) is 0 Å². The van der Waals surface area contributed by atoms with Crippen LogP contribution in [0, 0.1) is 0 Å². The number of H-pyrrole nitrogens is 2. The standard InChI is InChI=1S/C39H40F2N8O4/c1-53-38(52)47-28-14-10-25-11-15-33(49(25)37(28)51)35-44-27-13-9-24(18-30(27)46-35)22-6-4-21(5-7-22)23-8-12-26-29(17-23)45-34(43-26)32-3-2-16-48(32)36(50)31-19-39(40,41)20-42-31/h4-9,12-13,17-18,25,28,31-33,42H,2-3,10-11,14-16,19-20H2,1H3,(H,43,45)(H,44,46)(H,47,52)/t25-,28-,31-,32-,33-/m0/s1. The van der Waals surface area contributed by atoms with Gasteiger partial charge in [0.1, 0.15) is 17.7 Å². The van der Waals surface area contributed by atoms with E-state index in [4.69, 9.17) is 14.7 Å². The van der Waals surface area contributed by atoms with Gasteiger partial charge in [0.2, 0.25) is 11.8 Å². The summed E-state index contributed by atoms with van der Waals surface area (Å²) in [4.78, 5) is 58.6. The molecule has 0 radical (unpaired) electrons. The summed E-state index contributed by atoms with van der Waals surface area (Å²) in [6.45, 7) is 0.0523. The Bertz CT molecular complexity index is 2240. The highest BCUT2D eigenvalue weighted by Gasteiger charge is 2.47. The molecule has 0 saturated carbocycles. The van der Waals surface area contributed by atoms with Crippen LogP contribution in [0.2, 0.25) is 0 Å². The number of imidazole rings is 2. The Kier molecular flexibility index (Phi) is 8.17. The Morgan fingerprint density at radius 1 is 0.830 bits per heavy atom. The maximum Gasteiger partial charge on any atom is 0.407 e. The number of carbonyl (C=O) groups is 3. The molecule has 2 aromatic heterocycles. The van der Waals surface area contributed by atoms with Gasteiger partial charge in [-0.25, -0.2) is 23.5 Å². The van der Waals surface area contributed by atoms with Crippen molar-refractivity contribution in [1.29, 1.82) is 0 Å². The molecule has 53 heavy (non-hydrogen) atoms. The molecule has 3 aromatic carbocycles. The molecular weight excluding hydrogens is 682 g/mol. The lowest BCUT2D eigenvalue weighted by Gasteiger charge is -2.37. The van der Waals surface area contributed by atoms with Crippen LogP contribution in [0.5, 0.6) is 0 Å². The largest absolute Gasteiger partial charge is 0.453 e. The molecule has 274 valence electrons. The monoisotopic (exact) mass is 722 g/mol. The molecule has 5 atom stereocenters. The third-order valence-electron chi connectivity index (χ3n) is 11.4. The van der Waals surface area contributed by atoms with Crippen LogP contribution in [0.4, 0.5) is 13.6 Å². The van der Waals surface area contributed by atoms with E-state index in [1.807, 2.05) is 35.2 Å². The lowest BCUT2D eigenvalue weighted by atomic mass is 9.98. The average molecular weight is 723 g/mol. The number of alkyl carbamates (subject to hydrolysis) is 1. The van der Waals surface area contributed by atoms with E-state index in [2.05, 4.69) is 50.9 Å². The molecule has 3 amide bonds. The molecule has 12 nitrogen and oxygen atoms in total. The van der Waals surface area contributed by atoms with Crippen molar-refractivity contribution in [3.05, 3.63) is 72.3 Å². The summed E-state index contributed by atoms with van der Waals surface area (Å²) >= 11 is 0. The second-order valence-electron chi connectivity index (χ2n) is 14.7. The molecule has 4 saturated heterocycles. The number of hydrogen-bond donors (Lipinski definition) is 4. The van der Waals surface area contributed by atoms with Crippen LogP contribution in [0.3, 0.4) is 0 Å². The molecule has 0 aliphatic carbocycles. The molecule has 4 aliphatic rings. The zero-order valence-corrected chi connectivity index (χ0v) is 29.2. The number of alkyl halides is 2. The fourth-order valence-corrected chi connectivity index (χ4v) is 8.76. The van der Waals surface area contributed by atoms with Crippen molar-refractivity contribution >= 4 is 40.0 Å². The van der Waals surface area contributed by atoms with Gasteiger partial charge in [-0.3, -0.25) is 14.9 Å². The number of methoxy groups -OCH3 is 1. The fourth-order valence-electron chi connectivity index (χ4n) is 8.76. The van der Waals surface area contributed by atoms with Crippen LogP contribution in [0.15, 0.2) is 60.7 Å². The zero-order valence-electron chi connectivity index (χ0n) is 29.2. The zero-order chi connectivity index (χ0) is 36.4. The first kappa shape index (κ1) is 33.5. The molecule has 6 heterocycles. The summed E-state index contributed by atoms with van der Waals surface area (Å²) in [6, 6.07) is 18.7. The third-order valence-corrected chi connectivity index (χ3v) is 11.4. The number of aromatic amines is 2. The van der Waals surface area contributed by atoms with Crippen molar-refractivity contribution in [2.45, 2.75) is 81.1 Å². The Balaban J connectivity index is 0.908. The number of aromatic nitrogens is 4. The van der Waals surface area contributed by atoms with Crippen molar-refractivity contribution in [1.82, 2.24) is 40.4 Å². The maximum atomic E-state index is 13.8. The van der Waals surface area contributed by atoms with E-state index in [1.54, 1.807) is 4.90 Å². The van der Waals surface area contributed by atoms with Crippen molar-refractivity contribution in [2.75, 3.05) is 20.2 Å². The molecule has 4 aliphatic heterocycles. The molecular formula is C39H40F2N8O4. The highest BCUT2D eigenvalue weighted by atomic mass is 19.3. The van der Waals surface area contributed by atoms with E-state index in [-0.39, 0.29) is 29.9 Å². The predicted molar refractivity (Wildman–Crippen MR) is 193 cm³/mol. The Hall–Kier alpha value is -5.37. The van der Waals surface area contributed by atoms with Crippen molar-refractivity contribution in [2.24, 2.45) is 0 Å². The summed E-state index contributed by atoms with van der Waals surface area (Å²) in [5, 5.41) is 5.38. The molecule has 0 bridgehead atoms. The van der Waals surface area contributed by atoms with Gasteiger partial charge < -0.3 is 29.8 Å². The van der Waals surface area contributed by atoms with Gasteiger partial charge in [-0.2, -0.15) is 0 Å². The number of piperidine rings is 1.